The Labute approximate surface area is 179 Å². The number of amides is 2. The van der Waals surface area contributed by atoms with E-state index < -0.39 is 0 Å². The van der Waals surface area contributed by atoms with E-state index in [-0.39, 0.29) is 17.7 Å². The topological polar surface area (TPSA) is 71.5 Å². The van der Waals surface area contributed by atoms with E-state index in [1.165, 1.54) is 11.3 Å². The fraction of sp³-hybridized carbons (Fsp3) is 0.261. The molecule has 0 saturated carbocycles. The highest BCUT2D eigenvalue weighted by Gasteiger charge is 2.30. The Morgan fingerprint density at radius 2 is 1.83 bits per heavy atom. The lowest BCUT2D eigenvalue weighted by Crippen LogP contribution is -2.41. The number of aromatic nitrogens is 1. The van der Waals surface area contributed by atoms with Crippen LogP contribution in [0, 0.1) is 5.92 Å². The number of ether oxygens (including phenoxy) is 1. The van der Waals surface area contributed by atoms with Gasteiger partial charge in [-0.05, 0) is 36.6 Å². The molecule has 0 bridgehead atoms. The number of benzene rings is 1. The summed E-state index contributed by atoms with van der Waals surface area (Å²) < 4.78 is 5.48. The molecule has 0 spiro atoms. The number of nitrogens with one attached hydrogen (secondary N) is 1. The van der Waals surface area contributed by atoms with Crippen LogP contribution < -0.4 is 10.1 Å². The summed E-state index contributed by atoms with van der Waals surface area (Å²) in [5, 5.41) is 2.86. The molecule has 0 atom stereocenters. The second kappa shape index (κ2) is 9.09. The van der Waals surface area contributed by atoms with Gasteiger partial charge in [0.05, 0.1) is 7.11 Å². The maximum atomic E-state index is 13.1. The number of likely N-dealkylation sites (tertiary alicyclic amines) is 1. The molecule has 3 aromatic rings. The molecule has 0 unspecified atom stereocenters. The van der Waals surface area contributed by atoms with Crippen LogP contribution in [-0.4, -0.2) is 41.9 Å². The van der Waals surface area contributed by atoms with Gasteiger partial charge < -0.3 is 15.0 Å². The zero-order valence-corrected chi connectivity index (χ0v) is 17.5. The maximum absolute atomic E-state index is 13.1. The molecule has 1 fully saturated rings. The minimum atomic E-state index is -0.124. The van der Waals surface area contributed by atoms with Crippen LogP contribution in [0.4, 0.5) is 5.82 Å². The molecule has 30 heavy (non-hydrogen) atoms. The number of piperidine rings is 1. The van der Waals surface area contributed by atoms with Gasteiger partial charge in [0.25, 0.3) is 5.91 Å². The number of carbonyl (C=O) groups is 2. The Morgan fingerprint density at radius 1 is 1.10 bits per heavy atom. The molecule has 1 aromatic carbocycles. The minimum absolute atomic E-state index is 0.0392. The number of thiophene rings is 1. The van der Waals surface area contributed by atoms with Crippen molar-refractivity contribution in [2.24, 2.45) is 5.92 Å². The number of nitrogens with zero attached hydrogens (tertiary/aromatic N) is 2. The molecule has 154 valence electrons. The molecule has 4 rings (SSSR count). The Hall–Kier alpha value is -3.19. The van der Waals surface area contributed by atoms with Gasteiger partial charge in [-0.15, -0.1) is 11.3 Å². The number of pyridine rings is 1. The Morgan fingerprint density at radius 3 is 2.50 bits per heavy atom. The number of anilines is 1. The number of rotatable bonds is 5. The number of carbonyl (C=O) groups excluding carboxylic acids is 2. The van der Waals surface area contributed by atoms with E-state index in [1.807, 2.05) is 53.4 Å². The van der Waals surface area contributed by atoms with Crippen molar-refractivity contribution < 1.29 is 14.3 Å². The second-order valence-electron chi connectivity index (χ2n) is 7.14. The van der Waals surface area contributed by atoms with Crippen LogP contribution in [-0.2, 0) is 4.79 Å². The lowest BCUT2D eigenvalue weighted by atomic mass is 9.95. The van der Waals surface area contributed by atoms with E-state index in [2.05, 4.69) is 10.3 Å². The molecule has 2 amide bonds. The van der Waals surface area contributed by atoms with Gasteiger partial charge in [-0.25, -0.2) is 4.98 Å². The number of hydrogen-bond donors (Lipinski definition) is 1. The highest BCUT2D eigenvalue weighted by atomic mass is 32.1. The van der Waals surface area contributed by atoms with Gasteiger partial charge in [0, 0.05) is 30.1 Å². The van der Waals surface area contributed by atoms with Crippen molar-refractivity contribution in [3.05, 3.63) is 65.7 Å². The third kappa shape index (κ3) is 4.36. The fourth-order valence-electron chi connectivity index (χ4n) is 3.57. The van der Waals surface area contributed by atoms with E-state index in [0.717, 1.165) is 10.4 Å². The molecular weight excluding hydrogens is 398 g/mol. The van der Waals surface area contributed by atoms with E-state index in [9.17, 15) is 9.59 Å². The van der Waals surface area contributed by atoms with Crippen molar-refractivity contribution in [1.29, 1.82) is 0 Å². The maximum Gasteiger partial charge on any atom is 0.267 e. The quantitative estimate of drug-likeness (QED) is 0.666. The normalized spacial score (nSPS) is 14.4. The van der Waals surface area contributed by atoms with E-state index >= 15 is 0 Å². The van der Waals surface area contributed by atoms with Crippen LogP contribution in [0.2, 0.25) is 0 Å². The highest BCUT2D eigenvalue weighted by molar-refractivity contribution is 7.17. The lowest BCUT2D eigenvalue weighted by molar-refractivity contribution is -0.121. The van der Waals surface area contributed by atoms with Crippen LogP contribution in [0.5, 0.6) is 5.75 Å². The molecule has 1 saturated heterocycles. The molecule has 0 aliphatic carbocycles. The largest absolute Gasteiger partial charge is 0.495 e. The predicted molar refractivity (Wildman–Crippen MR) is 118 cm³/mol. The average Bonchev–Trinajstić information content (AvgIpc) is 3.24. The van der Waals surface area contributed by atoms with Gasteiger partial charge in [-0.2, -0.15) is 0 Å². The monoisotopic (exact) mass is 421 g/mol. The summed E-state index contributed by atoms with van der Waals surface area (Å²) in [4.78, 5) is 33.2. The zero-order chi connectivity index (χ0) is 20.9. The minimum Gasteiger partial charge on any atom is -0.495 e. The first-order valence-corrected chi connectivity index (χ1v) is 10.7. The summed E-state index contributed by atoms with van der Waals surface area (Å²) in [7, 11) is 1.59. The van der Waals surface area contributed by atoms with Gasteiger partial charge in [0.1, 0.15) is 16.4 Å². The molecule has 7 heteroatoms. The van der Waals surface area contributed by atoms with Crippen molar-refractivity contribution in [2.75, 3.05) is 25.5 Å². The molecule has 1 aliphatic rings. The molecule has 2 aromatic heterocycles. The smallest absolute Gasteiger partial charge is 0.267 e. The summed E-state index contributed by atoms with van der Waals surface area (Å²) >= 11 is 1.44. The van der Waals surface area contributed by atoms with Gasteiger partial charge >= 0.3 is 0 Å². The molecular formula is C23H23N3O3S. The number of hydrogen-bond acceptors (Lipinski definition) is 5. The second-order valence-corrected chi connectivity index (χ2v) is 8.20. The van der Waals surface area contributed by atoms with Crippen molar-refractivity contribution >= 4 is 29.0 Å². The SMILES string of the molecule is COc1cc(-c2ccccc2)sc1C(=O)N1CCC(C(=O)Nc2ccccn2)CC1. The van der Waals surface area contributed by atoms with Crippen molar-refractivity contribution in [3.8, 4) is 16.2 Å². The third-order valence-corrected chi connectivity index (χ3v) is 6.39. The first kappa shape index (κ1) is 20.1. The third-order valence-electron chi connectivity index (χ3n) is 5.24. The van der Waals surface area contributed by atoms with Crippen LogP contribution in [0.25, 0.3) is 10.4 Å². The van der Waals surface area contributed by atoms with Crippen LogP contribution >= 0.6 is 11.3 Å². The van der Waals surface area contributed by atoms with Crippen molar-refractivity contribution in [2.45, 2.75) is 12.8 Å². The molecule has 6 nitrogen and oxygen atoms in total. The van der Waals surface area contributed by atoms with E-state index in [4.69, 9.17) is 4.74 Å². The fourth-order valence-corrected chi connectivity index (χ4v) is 4.67. The molecule has 0 radical (unpaired) electrons. The van der Waals surface area contributed by atoms with Gasteiger partial charge in [0.2, 0.25) is 5.91 Å². The summed E-state index contributed by atoms with van der Waals surface area (Å²) in [6, 6.07) is 17.3. The number of methoxy groups -OCH3 is 1. The van der Waals surface area contributed by atoms with E-state index in [1.54, 1.807) is 19.4 Å². The highest BCUT2D eigenvalue weighted by Crippen LogP contribution is 2.37. The van der Waals surface area contributed by atoms with Gasteiger partial charge in [-0.3, -0.25) is 9.59 Å². The van der Waals surface area contributed by atoms with Crippen molar-refractivity contribution in [1.82, 2.24) is 9.88 Å². The standard InChI is InChI=1S/C23H23N3O3S/c1-29-18-15-19(16-7-3-2-4-8-16)30-21(18)23(28)26-13-10-17(11-14-26)22(27)25-20-9-5-6-12-24-20/h2-9,12,15,17H,10-11,13-14H2,1H3,(H,24,25,27). The Kier molecular flexibility index (Phi) is 6.09. The Balaban J connectivity index is 1.41. The Bertz CT molecular complexity index is 1010. The summed E-state index contributed by atoms with van der Waals surface area (Å²) in [5.74, 6) is 0.946. The predicted octanol–water partition coefficient (Wildman–Crippen LogP) is 4.31. The summed E-state index contributed by atoms with van der Waals surface area (Å²) in [5.41, 5.74) is 1.06. The van der Waals surface area contributed by atoms with E-state index in [0.29, 0.717) is 42.4 Å². The molecule has 1 aliphatic heterocycles. The van der Waals surface area contributed by atoms with Crippen molar-refractivity contribution in [3.63, 3.8) is 0 Å². The van der Waals surface area contributed by atoms with Crippen LogP contribution in [0.15, 0.2) is 60.8 Å². The lowest BCUT2D eigenvalue weighted by Gasteiger charge is -2.31. The molecule has 3 heterocycles. The average molecular weight is 422 g/mol. The summed E-state index contributed by atoms with van der Waals surface area (Å²) in [6.07, 6.45) is 2.91. The first-order chi connectivity index (χ1) is 14.7. The van der Waals surface area contributed by atoms with Gasteiger partial charge in [-0.1, -0.05) is 36.4 Å². The van der Waals surface area contributed by atoms with Gasteiger partial charge in [0.15, 0.2) is 0 Å². The zero-order valence-electron chi connectivity index (χ0n) is 16.7. The van der Waals surface area contributed by atoms with Crippen LogP contribution in [0.1, 0.15) is 22.5 Å². The van der Waals surface area contributed by atoms with Crippen LogP contribution in [0.3, 0.4) is 0 Å². The summed E-state index contributed by atoms with van der Waals surface area (Å²) in [6.45, 7) is 1.09. The first-order valence-electron chi connectivity index (χ1n) is 9.90. The molecule has 1 N–H and O–H groups in total.